The van der Waals surface area contributed by atoms with Gasteiger partial charge in [0.05, 0.1) is 25.4 Å². The number of aliphatic hydroxyl groups is 2. The summed E-state index contributed by atoms with van der Waals surface area (Å²) in [6, 6.07) is -0.541. The summed E-state index contributed by atoms with van der Waals surface area (Å²) in [7, 11) is 0. The number of hydrogen-bond acceptors (Lipinski definition) is 5. The van der Waals surface area contributed by atoms with E-state index in [1.165, 1.54) is 295 Å². The molecule has 0 aliphatic rings. The highest BCUT2D eigenvalue weighted by Crippen LogP contribution is 2.18. The van der Waals surface area contributed by atoms with Crippen LogP contribution < -0.4 is 5.32 Å². The highest BCUT2D eigenvalue weighted by molar-refractivity contribution is 5.76. The molecule has 0 aromatic rings. The van der Waals surface area contributed by atoms with Crippen LogP contribution in [0, 0.1) is 0 Å². The fourth-order valence-corrected chi connectivity index (χ4v) is 11.1. The van der Waals surface area contributed by atoms with Gasteiger partial charge < -0.3 is 20.3 Å². The number of carbonyl (C=O) groups excluding carboxylic acids is 2. The van der Waals surface area contributed by atoms with Crippen molar-refractivity contribution >= 4 is 11.9 Å². The Morgan fingerprint density at radius 2 is 0.625 bits per heavy atom. The van der Waals surface area contributed by atoms with Crippen LogP contribution in [0.15, 0.2) is 48.6 Å². The number of allylic oxidation sites excluding steroid dienone is 8. The monoisotopic (exact) mass is 1120 g/mol. The van der Waals surface area contributed by atoms with Crippen LogP contribution in [0.2, 0.25) is 0 Å². The van der Waals surface area contributed by atoms with E-state index in [0.717, 1.165) is 57.8 Å². The summed E-state index contributed by atoms with van der Waals surface area (Å²) >= 11 is 0. The lowest BCUT2D eigenvalue weighted by molar-refractivity contribution is -0.143. The molecule has 0 aromatic carbocycles. The van der Waals surface area contributed by atoms with E-state index in [-0.39, 0.29) is 18.5 Å². The van der Waals surface area contributed by atoms with Gasteiger partial charge in [0.15, 0.2) is 0 Å². The highest BCUT2D eigenvalue weighted by atomic mass is 16.5. The van der Waals surface area contributed by atoms with Crippen molar-refractivity contribution in [1.29, 1.82) is 0 Å². The summed E-state index contributed by atoms with van der Waals surface area (Å²) in [6.45, 7) is 4.94. The van der Waals surface area contributed by atoms with Crippen molar-refractivity contribution in [1.82, 2.24) is 5.32 Å². The van der Waals surface area contributed by atoms with Crippen molar-refractivity contribution in [2.24, 2.45) is 0 Å². The van der Waals surface area contributed by atoms with Gasteiger partial charge in [0.25, 0.3) is 0 Å². The molecule has 6 heteroatoms. The molecule has 0 aromatic heterocycles. The van der Waals surface area contributed by atoms with Crippen molar-refractivity contribution in [2.75, 3.05) is 13.2 Å². The number of nitrogens with one attached hydrogen (secondary N) is 1. The van der Waals surface area contributed by atoms with E-state index in [1.807, 2.05) is 0 Å². The minimum absolute atomic E-state index is 0.00957. The molecule has 0 aliphatic heterocycles. The van der Waals surface area contributed by atoms with Crippen molar-refractivity contribution < 1.29 is 24.5 Å². The van der Waals surface area contributed by atoms with E-state index in [9.17, 15) is 19.8 Å². The molecule has 470 valence electrons. The van der Waals surface area contributed by atoms with Crippen LogP contribution in [0.1, 0.15) is 386 Å². The van der Waals surface area contributed by atoms with Gasteiger partial charge in [-0.1, -0.05) is 332 Å². The minimum Gasteiger partial charge on any atom is -0.466 e. The summed E-state index contributed by atoms with van der Waals surface area (Å²) in [5.74, 6) is -0.0235. The number of amides is 1. The number of carbonyl (C=O) groups is 2. The van der Waals surface area contributed by atoms with E-state index in [0.29, 0.717) is 25.9 Å². The fraction of sp³-hybridized carbons (Fsp3) is 0.865. The Morgan fingerprint density at radius 1 is 0.350 bits per heavy atom. The quantitative estimate of drug-likeness (QED) is 0.0320. The lowest BCUT2D eigenvalue weighted by Crippen LogP contribution is -2.45. The molecule has 0 bridgehead atoms. The van der Waals surface area contributed by atoms with Crippen molar-refractivity contribution in [3.8, 4) is 0 Å². The molecule has 80 heavy (non-hydrogen) atoms. The average Bonchev–Trinajstić information content (AvgIpc) is 3.46. The van der Waals surface area contributed by atoms with Crippen LogP contribution in [-0.2, 0) is 14.3 Å². The predicted molar refractivity (Wildman–Crippen MR) is 352 cm³/mol. The van der Waals surface area contributed by atoms with Gasteiger partial charge in [0, 0.05) is 12.8 Å². The first-order valence-corrected chi connectivity index (χ1v) is 35.9. The second-order valence-corrected chi connectivity index (χ2v) is 24.6. The van der Waals surface area contributed by atoms with E-state index in [2.05, 4.69) is 67.8 Å². The van der Waals surface area contributed by atoms with Crippen LogP contribution in [-0.4, -0.2) is 47.4 Å². The van der Waals surface area contributed by atoms with Gasteiger partial charge >= 0.3 is 5.97 Å². The zero-order valence-electron chi connectivity index (χ0n) is 53.8. The summed E-state index contributed by atoms with van der Waals surface area (Å²) < 4.78 is 5.50. The SMILES string of the molecule is CCCCC/C=C\C/C=C\CCCCCCCCCCCC(=O)OCCCCCCCCCCC/C=C\C/C=C\CCCCCCCCCCCCCCCCCC(=O)NC(CO)C(O)CCCCCCCCCCCCCCC. The third-order valence-corrected chi connectivity index (χ3v) is 16.6. The maximum atomic E-state index is 12.5. The summed E-state index contributed by atoms with van der Waals surface area (Å²) in [6.07, 6.45) is 90.2. The molecular weight excluding hydrogens is 983 g/mol. The molecule has 0 spiro atoms. The Bertz CT molecular complexity index is 1340. The van der Waals surface area contributed by atoms with E-state index in [1.54, 1.807) is 0 Å². The Morgan fingerprint density at radius 3 is 0.975 bits per heavy atom. The smallest absolute Gasteiger partial charge is 0.305 e. The van der Waals surface area contributed by atoms with Gasteiger partial charge in [0.1, 0.15) is 0 Å². The summed E-state index contributed by atoms with van der Waals surface area (Å²) in [4.78, 5) is 24.6. The van der Waals surface area contributed by atoms with Crippen LogP contribution >= 0.6 is 0 Å². The van der Waals surface area contributed by atoms with E-state index in [4.69, 9.17) is 4.74 Å². The maximum absolute atomic E-state index is 12.5. The van der Waals surface area contributed by atoms with Crippen molar-refractivity contribution in [2.45, 2.75) is 398 Å². The van der Waals surface area contributed by atoms with Crippen LogP contribution in [0.25, 0.3) is 0 Å². The van der Waals surface area contributed by atoms with Gasteiger partial charge in [-0.2, -0.15) is 0 Å². The topological polar surface area (TPSA) is 95.9 Å². The number of esters is 1. The molecular formula is C74H139NO5. The first kappa shape index (κ1) is 77.8. The third kappa shape index (κ3) is 65.0. The zero-order chi connectivity index (χ0) is 57.8. The lowest BCUT2D eigenvalue weighted by atomic mass is 10.0. The minimum atomic E-state index is -0.664. The van der Waals surface area contributed by atoms with E-state index < -0.39 is 12.1 Å². The Balaban J connectivity index is 3.37. The van der Waals surface area contributed by atoms with Crippen LogP contribution in [0.3, 0.4) is 0 Å². The largest absolute Gasteiger partial charge is 0.466 e. The normalized spacial score (nSPS) is 12.8. The van der Waals surface area contributed by atoms with Gasteiger partial charge in [0.2, 0.25) is 5.91 Å². The molecule has 6 nitrogen and oxygen atoms in total. The van der Waals surface area contributed by atoms with Crippen LogP contribution in [0.4, 0.5) is 0 Å². The van der Waals surface area contributed by atoms with E-state index >= 15 is 0 Å². The van der Waals surface area contributed by atoms with Crippen molar-refractivity contribution in [3.63, 3.8) is 0 Å². The second-order valence-electron chi connectivity index (χ2n) is 24.6. The van der Waals surface area contributed by atoms with Gasteiger partial charge in [-0.05, 0) is 89.9 Å². The molecule has 2 unspecified atom stereocenters. The molecule has 1 amide bonds. The number of hydrogen-bond donors (Lipinski definition) is 3. The molecule has 0 aliphatic carbocycles. The van der Waals surface area contributed by atoms with Crippen molar-refractivity contribution in [3.05, 3.63) is 48.6 Å². The number of rotatable bonds is 67. The van der Waals surface area contributed by atoms with Gasteiger partial charge in [-0.25, -0.2) is 0 Å². The van der Waals surface area contributed by atoms with Crippen LogP contribution in [0.5, 0.6) is 0 Å². The molecule has 0 rings (SSSR count). The lowest BCUT2D eigenvalue weighted by Gasteiger charge is -2.22. The Hall–Kier alpha value is -2.18. The number of unbranched alkanes of at least 4 members (excludes halogenated alkanes) is 48. The summed E-state index contributed by atoms with van der Waals surface area (Å²) in [5, 5.41) is 23.3. The van der Waals surface area contributed by atoms with Gasteiger partial charge in [-0.3, -0.25) is 9.59 Å². The third-order valence-electron chi connectivity index (χ3n) is 16.6. The average molecular weight is 1120 g/mol. The first-order chi connectivity index (χ1) is 39.5. The number of aliphatic hydroxyl groups excluding tert-OH is 2. The highest BCUT2D eigenvalue weighted by Gasteiger charge is 2.20. The maximum Gasteiger partial charge on any atom is 0.305 e. The molecule has 0 radical (unpaired) electrons. The molecule has 2 atom stereocenters. The molecule has 3 N–H and O–H groups in total. The molecule has 0 saturated heterocycles. The fourth-order valence-electron chi connectivity index (χ4n) is 11.1. The Labute approximate surface area is 499 Å². The predicted octanol–water partition coefficient (Wildman–Crippen LogP) is 23.3. The first-order valence-electron chi connectivity index (χ1n) is 35.9. The zero-order valence-corrected chi connectivity index (χ0v) is 53.8. The molecule has 0 saturated carbocycles. The standard InChI is InChI=1S/C74H139NO5/c1-3-5-7-9-11-13-15-17-18-19-33-37-40-44-48-52-56-60-64-68-74(79)80-69-65-61-57-53-49-45-41-38-35-32-30-28-26-24-22-20-21-23-25-27-29-31-34-36-39-43-47-51-55-59-63-67-73(78)75-71(70-76)72(77)66-62-58-54-50-46-42-16-14-12-10-8-6-4-2/h11,13,17-18,22,24,28,30,71-72,76-77H,3-10,12,14-16,19-21,23,25-27,29,31-70H2,1-2H3,(H,75,78)/b13-11-,18-17-,24-22-,30-28-. The molecule has 0 fully saturated rings. The molecule has 0 heterocycles. The Kier molecular flexibility index (Phi) is 67.4. The van der Waals surface area contributed by atoms with Gasteiger partial charge in [-0.15, -0.1) is 0 Å². The number of ether oxygens (including phenoxy) is 1. The summed E-state index contributed by atoms with van der Waals surface area (Å²) in [5.41, 5.74) is 0. The second kappa shape index (κ2) is 69.3.